The minimum atomic E-state index is -3.67. The average Bonchev–Trinajstić information content (AvgIpc) is 3.27. The van der Waals surface area contributed by atoms with E-state index in [1.54, 1.807) is 18.3 Å². The topological polar surface area (TPSA) is 135 Å². The summed E-state index contributed by atoms with van der Waals surface area (Å²) in [5.41, 5.74) is 1.14. The molecule has 1 saturated heterocycles. The number of benzene rings is 1. The fourth-order valence-electron chi connectivity index (χ4n) is 4.86. The SMILES string of the molecule is CCN1CCC(Oc2ccc(Nc3ncc(F)c(-c4cc(F)c5nc(C)n(C(C)C)c5c4)n3)nc2)CC1.CS(=O)(=O)O. The maximum absolute atomic E-state index is 14.9. The van der Waals surface area contributed by atoms with Crippen molar-refractivity contribution in [3.8, 4) is 17.0 Å². The lowest BCUT2D eigenvalue weighted by atomic mass is 10.1. The number of halogens is 2. The number of likely N-dealkylation sites (tertiary alicyclic amines) is 1. The molecule has 42 heavy (non-hydrogen) atoms. The van der Waals surface area contributed by atoms with Crippen LogP contribution in [0.4, 0.5) is 20.5 Å². The zero-order valence-corrected chi connectivity index (χ0v) is 25.0. The lowest BCUT2D eigenvalue weighted by Crippen LogP contribution is -2.37. The number of nitrogens with zero attached hydrogens (tertiary/aromatic N) is 6. The number of hydrogen-bond donors (Lipinski definition) is 2. The fraction of sp³-hybridized carbons (Fsp3) is 0.429. The summed E-state index contributed by atoms with van der Waals surface area (Å²) in [5.74, 6) is 0.848. The predicted octanol–water partition coefficient (Wildman–Crippen LogP) is 5.17. The molecule has 0 amide bonds. The summed E-state index contributed by atoms with van der Waals surface area (Å²) in [6, 6.07) is 6.63. The molecule has 11 nitrogen and oxygen atoms in total. The number of aromatic nitrogens is 5. The van der Waals surface area contributed by atoms with E-state index in [1.165, 1.54) is 6.07 Å². The van der Waals surface area contributed by atoms with Gasteiger partial charge in [-0.25, -0.2) is 28.7 Å². The number of rotatable bonds is 7. The first-order chi connectivity index (χ1) is 19.8. The molecule has 0 saturated carbocycles. The zero-order valence-electron chi connectivity index (χ0n) is 24.2. The third-order valence-electron chi connectivity index (χ3n) is 6.72. The normalized spacial score (nSPS) is 14.6. The first-order valence-corrected chi connectivity index (χ1v) is 15.4. The molecule has 1 aromatic carbocycles. The van der Waals surface area contributed by atoms with Gasteiger partial charge in [-0.2, -0.15) is 8.42 Å². The number of pyridine rings is 1. The molecule has 4 heterocycles. The lowest BCUT2D eigenvalue weighted by Gasteiger charge is -2.31. The van der Waals surface area contributed by atoms with E-state index in [2.05, 4.69) is 37.1 Å². The molecule has 0 bridgehead atoms. The summed E-state index contributed by atoms with van der Waals surface area (Å²) < 4.78 is 63.6. The first kappa shape index (κ1) is 31.2. The summed E-state index contributed by atoms with van der Waals surface area (Å²) in [5, 5.41) is 3.00. The Kier molecular flexibility index (Phi) is 9.69. The zero-order chi connectivity index (χ0) is 30.6. The quantitative estimate of drug-likeness (QED) is 0.273. The average molecular weight is 604 g/mol. The van der Waals surface area contributed by atoms with Gasteiger partial charge in [-0.1, -0.05) is 6.92 Å². The minimum Gasteiger partial charge on any atom is -0.489 e. The molecule has 0 unspecified atom stereocenters. The van der Waals surface area contributed by atoms with E-state index in [4.69, 9.17) is 9.29 Å². The van der Waals surface area contributed by atoms with Gasteiger partial charge in [0.05, 0.1) is 24.2 Å². The minimum absolute atomic E-state index is 0.00849. The van der Waals surface area contributed by atoms with Crippen LogP contribution in [0.2, 0.25) is 0 Å². The van der Waals surface area contributed by atoms with Crippen LogP contribution in [0.5, 0.6) is 5.75 Å². The van der Waals surface area contributed by atoms with Crippen molar-refractivity contribution in [2.75, 3.05) is 31.2 Å². The van der Waals surface area contributed by atoms with Crippen molar-refractivity contribution in [1.29, 1.82) is 0 Å². The van der Waals surface area contributed by atoms with Crippen molar-refractivity contribution in [2.45, 2.75) is 52.7 Å². The molecule has 0 radical (unpaired) electrons. The summed E-state index contributed by atoms with van der Waals surface area (Å²) in [6.07, 6.45) is 5.59. The van der Waals surface area contributed by atoms with E-state index >= 15 is 0 Å². The number of hydrogen-bond acceptors (Lipinski definition) is 9. The molecule has 0 spiro atoms. The Morgan fingerprint density at radius 1 is 1.10 bits per heavy atom. The number of ether oxygens (including phenoxy) is 1. The molecule has 1 aliphatic rings. The van der Waals surface area contributed by atoms with Gasteiger partial charge >= 0.3 is 0 Å². The largest absolute Gasteiger partial charge is 0.489 e. The van der Waals surface area contributed by atoms with Gasteiger partial charge in [0.1, 0.15) is 34.7 Å². The highest BCUT2D eigenvalue weighted by Crippen LogP contribution is 2.30. The number of anilines is 2. The second-order valence-corrected chi connectivity index (χ2v) is 11.8. The molecular weight excluding hydrogens is 568 g/mol. The molecule has 226 valence electrons. The third kappa shape index (κ3) is 7.95. The van der Waals surface area contributed by atoms with Gasteiger partial charge in [0, 0.05) is 24.7 Å². The second-order valence-electron chi connectivity index (χ2n) is 10.3. The van der Waals surface area contributed by atoms with Crippen LogP contribution in [-0.4, -0.2) is 74.4 Å². The molecule has 5 rings (SSSR count). The van der Waals surface area contributed by atoms with Crippen LogP contribution in [0, 0.1) is 18.6 Å². The van der Waals surface area contributed by atoms with Crippen LogP contribution in [0.1, 0.15) is 45.5 Å². The number of imidazole rings is 1. The third-order valence-corrected chi connectivity index (χ3v) is 6.72. The van der Waals surface area contributed by atoms with Crippen LogP contribution in [0.15, 0.2) is 36.7 Å². The summed E-state index contributed by atoms with van der Waals surface area (Å²) in [4.78, 5) is 19.5. The summed E-state index contributed by atoms with van der Waals surface area (Å²) in [7, 11) is -3.67. The standard InChI is InChI=1S/C27H31F2N7O.CH4O3S/c1-5-35-10-8-19(9-11-35)37-20-6-7-24(30-14-20)33-27-31-15-22(29)25(34-27)18-12-21(28)26-23(13-18)36(16(2)3)17(4)32-26;1-5(2,3)4/h6-7,12-16,19H,5,8-11H2,1-4H3,(H,30,31,33,34);1H3,(H,2,3,4). The van der Waals surface area contributed by atoms with Crippen LogP contribution in [0.25, 0.3) is 22.3 Å². The van der Waals surface area contributed by atoms with Gasteiger partial charge in [-0.05, 0) is 64.4 Å². The van der Waals surface area contributed by atoms with Crippen molar-refractivity contribution in [2.24, 2.45) is 0 Å². The van der Waals surface area contributed by atoms with Crippen molar-refractivity contribution in [1.82, 2.24) is 29.4 Å². The van der Waals surface area contributed by atoms with Crippen molar-refractivity contribution in [3.63, 3.8) is 0 Å². The molecule has 14 heteroatoms. The highest BCUT2D eigenvalue weighted by atomic mass is 32.2. The van der Waals surface area contributed by atoms with Gasteiger partial charge in [0.25, 0.3) is 10.1 Å². The number of piperidine rings is 1. The number of fused-ring (bicyclic) bond motifs is 1. The smallest absolute Gasteiger partial charge is 0.261 e. The van der Waals surface area contributed by atoms with E-state index in [9.17, 15) is 17.2 Å². The van der Waals surface area contributed by atoms with E-state index < -0.39 is 21.8 Å². The van der Waals surface area contributed by atoms with Crippen LogP contribution < -0.4 is 10.1 Å². The Labute approximate surface area is 243 Å². The number of nitrogens with one attached hydrogen (secondary N) is 1. The second kappa shape index (κ2) is 13.0. The maximum atomic E-state index is 14.9. The van der Waals surface area contributed by atoms with Crippen molar-refractivity contribution >= 4 is 32.9 Å². The monoisotopic (exact) mass is 603 g/mol. The van der Waals surface area contributed by atoms with Crippen LogP contribution in [0.3, 0.4) is 0 Å². The van der Waals surface area contributed by atoms with Gasteiger partial charge in [-0.15, -0.1) is 0 Å². The Bertz CT molecular complexity index is 1630. The van der Waals surface area contributed by atoms with E-state index in [-0.39, 0.29) is 29.3 Å². The fourth-order valence-corrected chi connectivity index (χ4v) is 4.86. The number of aryl methyl sites for hydroxylation is 1. The van der Waals surface area contributed by atoms with Gasteiger partial charge in [0.15, 0.2) is 11.6 Å². The molecule has 1 fully saturated rings. The molecular formula is C28H35F2N7O4S. The molecule has 1 aliphatic heterocycles. The molecule has 4 aromatic rings. The maximum Gasteiger partial charge on any atom is 0.261 e. The van der Waals surface area contributed by atoms with Crippen LogP contribution >= 0.6 is 0 Å². The van der Waals surface area contributed by atoms with Crippen LogP contribution in [-0.2, 0) is 10.1 Å². The molecule has 3 aromatic heterocycles. The van der Waals surface area contributed by atoms with E-state index in [0.717, 1.165) is 38.7 Å². The summed E-state index contributed by atoms with van der Waals surface area (Å²) >= 11 is 0. The van der Waals surface area contributed by atoms with E-state index in [1.807, 2.05) is 31.4 Å². The lowest BCUT2D eigenvalue weighted by molar-refractivity contribution is 0.103. The Hall–Kier alpha value is -3.75. The molecule has 0 aliphatic carbocycles. The van der Waals surface area contributed by atoms with Crippen molar-refractivity contribution < 1.29 is 26.5 Å². The Morgan fingerprint density at radius 3 is 2.38 bits per heavy atom. The van der Waals surface area contributed by atoms with Gasteiger partial charge < -0.3 is 19.5 Å². The van der Waals surface area contributed by atoms with E-state index in [0.29, 0.717) is 34.7 Å². The van der Waals surface area contributed by atoms with Crippen molar-refractivity contribution in [3.05, 3.63) is 54.1 Å². The van der Waals surface area contributed by atoms with Gasteiger partial charge in [0.2, 0.25) is 5.95 Å². The molecule has 0 atom stereocenters. The highest BCUT2D eigenvalue weighted by molar-refractivity contribution is 7.85. The Morgan fingerprint density at radius 2 is 1.79 bits per heavy atom. The molecule has 2 N–H and O–H groups in total. The first-order valence-electron chi connectivity index (χ1n) is 13.6. The summed E-state index contributed by atoms with van der Waals surface area (Å²) in [6.45, 7) is 11.1. The predicted molar refractivity (Wildman–Crippen MR) is 157 cm³/mol. The Balaban J connectivity index is 0.000000748. The van der Waals surface area contributed by atoms with Gasteiger partial charge in [-0.3, -0.25) is 4.55 Å². The highest BCUT2D eigenvalue weighted by Gasteiger charge is 2.20.